The fraction of sp³-hybridized carbons (Fsp3) is 0.348. The van der Waals surface area contributed by atoms with Crippen LogP contribution in [-0.4, -0.2) is 24.4 Å². The molecule has 0 bridgehead atoms. The second-order valence-corrected chi connectivity index (χ2v) is 7.57. The Morgan fingerprint density at radius 1 is 0.800 bits per heavy atom. The summed E-state index contributed by atoms with van der Waals surface area (Å²) in [5, 5.41) is 11.0. The number of para-hydroxylation sites is 1. The molecule has 1 unspecified atom stereocenters. The van der Waals surface area contributed by atoms with E-state index in [0.29, 0.717) is 23.7 Å². The van der Waals surface area contributed by atoms with Crippen LogP contribution in [-0.2, 0) is 9.59 Å². The molecule has 0 aliphatic carbocycles. The van der Waals surface area contributed by atoms with Crippen LogP contribution in [0.1, 0.15) is 45.2 Å². The summed E-state index contributed by atoms with van der Waals surface area (Å²) in [4.78, 5) is 35.8. The first-order chi connectivity index (χ1) is 14.3. The Bertz CT molecular complexity index is 835. The molecule has 0 aliphatic rings. The fourth-order valence-corrected chi connectivity index (χ4v) is 2.73. The predicted molar refractivity (Wildman–Crippen MR) is 119 cm³/mol. The van der Waals surface area contributed by atoms with Crippen LogP contribution in [0, 0.1) is 5.92 Å². The number of hydrogen-bond donors (Lipinski definition) is 4. The average Bonchev–Trinajstić information content (AvgIpc) is 2.71. The van der Waals surface area contributed by atoms with E-state index in [1.807, 2.05) is 37.3 Å². The van der Waals surface area contributed by atoms with Gasteiger partial charge in [-0.1, -0.05) is 44.2 Å². The molecule has 7 heteroatoms. The van der Waals surface area contributed by atoms with E-state index in [1.165, 1.54) is 0 Å². The molecule has 2 aromatic carbocycles. The van der Waals surface area contributed by atoms with Gasteiger partial charge in [-0.25, -0.2) is 4.79 Å². The number of nitrogens with one attached hydrogen (secondary N) is 4. The van der Waals surface area contributed by atoms with E-state index in [-0.39, 0.29) is 30.4 Å². The standard InChI is InChI=1S/C23H30N4O3/c1-16(2)9-14-21(28)24-15-22(29)25-17(3)18-10-12-20(13-11-18)27-23(30)26-19-7-5-4-6-8-19/h4-8,10-13,16-17H,9,14-15H2,1-3H3,(H,24,28)(H,25,29)(H2,26,27,30). The third-order valence-corrected chi connectivity index (χ3v) is 4.47. The Labute approximate surface area is 177 Å². The lowest BCUT2D eigenvalue weighted by molar-refractivity contribution is -0.126. The molecular formula is C23H30N4O3. The summed E-state index contributed by atoms with van der Waals surface area (Å²) in [6.07, 6.45) is 1.22. The van der Waals surface area contributed by atoms with Gasteiger partial charge < -0.3 is 21.3 Å². The molecule has 30 heavy (non-hydrogen) atoms. The Balaban J connectivity index is 1.77. The van der Waals surface area contributed by atoms with Gasteiger partial charge in [-0.3, -0.25) is 9.59 Å². The van der Waals surface area contributed by atoms with Crippen LogP contribution in [0.3, 0.4) is 0 Å². The summed E-state index contributed by atoms with van der Waals surface area (Å²) in [5.41, 5.74) is 2.24. The Kier molecular flexibility index (Phi) is 8.87. The van der Waals surface area contributed by atoms with E-state index in [1.54, 1.807) is 24.3 Å². The van der Waals surface area contributed by atoms with E-state index < -0.39 is 0 Å². The van der Waals surface area contributed by atoms with Crippen molar-refractivity contribution in [2.45, 2.75) is 39.7 Å². The molecular weight excluding hydrogens is 380 g/mol. The van der Waals surface area contributed by atoms with Crippen molar-refractivity contribution >= 4 is 29.2 Å². The van der Waals surface area contributed by atoms with Crippen molar-refractivity contribution in [2.24, 2.45) is 5.92 Å². The molecule has 2 rings (SSSR count). The van der Waals surface area contributed by atoms with E-state index in [9.17, 15) is 14.4 Å². The highest BCUT2D eigenvalue weighted by molar-refractivity contribution is 5.99. The second-order valence-electron chi connectivity index (χ2n) is 7.57. The first-order valence-electron chi connectivity index (χ1n) is 10.1. The number of carbonyl (C=O) groups excluding carboxylic acids is 3. The van der Waals surface area contributed by atoms with E-state index in [4.69, 9.17) is 0 Å². The van der Waals surface area contributed by atoms with Crippen LogP contribution in [0.4, 0.5) is 16.2 Å². The topological polar surface area (TPSA) is 99.3 Å². The zero-order valence-corrected chi connectivity index (χ0v) is 17.7. The zero-order chi connectivity index (χ0) is 21.9. The molecule has 0 heterocycles. The van der Waals surface area contributed by atoms with Crippen molar-refractivity contribution in [1.82, 2.24) is 10.6 Å². The summed E-state index contributed by atoms with van der Waals surface area (Å²) in [5.74, 6) is 0.0898. The lowest BCUT2D eigenvalue weighted by Gasteiger charge is -2.15. The van der Waals surface area contributed by atoms with Gasteiger partial charge in [0.25, 0.3) is 0 Å². The van der Waals surface area contributed by atoms with Crippen LogP contribution >= 0.6 is 0 Å². The normalized spacial score (nSPS) is 11.5. The third kappa shape index (κ3) is 8.34. The summed E-state index contributed by atoms with van der Waals surface area (Å²) in [7, 11) is 0. The number of carbonyl (C=O) groups is 3. The molecule has 0 aromatic heterocycles. The van der Waals surface area contributed by atoms with Gasteiger partial charge in [0.15, 0.2) is 0 Å². The van der Waals surface area contributed by atoms with E-state index in [0.717, 1.165) is 12.0 Å². The third-order valence-electron chi connectivity index (χ3n) is 4.47. The zero-order valence-electron chi connectivity index (χ0n) is 17.7. The highest BCUT2D eigenvalue weighted by atomic mass is 16.2. The predicted octanol–water partition coefficient (Wildman–Crippen LogP) is 4.06. The van der Waals surface area contributed by atoms with Crippen LogP contribution in [0.25, 0.3) is 0 Å². The van der Waals surface area contributed by atoms with Gasteiger partial charge in [0.2, 0.25) is 11.8 Å². The lowest BCUT2D eigenvalue weighted by Crippen LogP contribution is -2.38. The van der Waals surface area contributed by atoms with E-state index >= 15 is 0 Å². The highest BCUT2D eigenvalue weighted by Gasteiger charge is 2.11. The van der Waals surface area contributed by atoms with Gasteiger partial charge in [0.1, 0.15) is 0 Å². The molecule has 4 amide bonds. The van der Waals surface area contributed by atoms with Crippen molar-refractivity contribution in [3.63, 3.8) is 0 Å². The monoisotopic (exact) mass is 410 g/mol. The minimum atomic E-state index is -0.330. The largest absolute Gasteiger partial charge is 0.348 e. The van der Waals surface area contributed by atoms with Crippen LogP contribution < -0.4 is 21.3 Å². The van der Waals surface area contributed by atoms with Crippen LogP contribution in [0.15, 0.2) is 54.6 Å². The summed E-state index contributed by atoms with van der Waals surface area (Å²) >= 11 is 0. The van der Waals surface area contributed by atoms with Gasteiger partial charge in [0.05, 0.1) is 12.6 Å². The van der Waals surface area contributed by atoms with Crippen LogP contribution in [0.5, 0.6) is 0 Å². The van der Waals surface area contributed by atoms with Gasteiger partial charge in [-0.15, -0.1) is 0 Å². The minimum absolute atomic E-state index is 0.0411. The SMILES string of the molecule is CC(C)CCC(=O)NCC(=O)NC(C)c1ccc(NC(=O)Nc2ccccc2)cc1. The summed E-state index contributed by atoms with van der Waals surface area (Å²) < 4.78 is 0. The van der Waals surface area contributed by atoms with Crippen molar-refractivity contribution in [3.8, 4) is 0 Å². The number of hydrogen-bond acceptors (Lipinski definition) is 3. The summed E-state index contributed by atoms with van der Waals surface area (Å²) in [6, 6.07) is 15.8. The average molecular weight is 411 g/mol. The fourth-order valence-electron chi connectivity index (χ4n) is 2.73. The molecule has 0 aliphatic heterocycles. The number of amides is 4. The highest BCUT2D eigenvalue weighted by Crippen LogP contribution is 2.16. The maximum Gasteiger partial charge on any atom is 0.323 e. The van der Waals surface area contributed by atoms with Gasteiger partial charge >= 0.3 is 6.03 Å². The van der Waals surface area contributed by atoms with Crippen molar-refractivity contribution < 1.29 is 14.4 Å². The minimum Gasteiger partial charge on any atom is -0.348 e. The lowest BCUT2D eigenvalue weighted by atomic mass is 10.1. The maximum atomic E-state index is 12.1. The summed E-state index contributed by atoms with van der Waals surface area (Å²) in [6.45, 7) is 5.93. The molecule has 0 saturated carbocycles. The Morgan fingerprint density at radius 2 is 1.40 bits per heavy atom. The second kappa shape index (κ2) is 11.6. The molecule has 4 N–H and O–H groups in total. The first kappa shape index (κ1) is 22.9. The van der Waals surface area contributed by atoms with Crippen molar-refractivity contribution in [3.05, 3.63) is 60.2 Å². The smallest absolute Gasteiger partial charge is 0.323 e. The number of urea groups is 1. The van der Waals surface area contributed by atoms with Crippen LogP contribution in [0.2, 0.25) is 0 Å². The van der Waals surface area contributed by atoms with E-state index in [2.05, 4.69) is 35.1 Å². The number of anilines is 2. The molecule has 160 valence electrons. The van der Waals surface area contributed by atoms with Crippen molar-refractivity contribution in [1.29, 1.82) is 0 Å². The molecule has 7 nitrogen and oxygen atoms in total. The van der Waals surface area contributed by atoms with Gasteiger partial charge in [0, 0.05) is 17.8 Å². The van der Waals surface area contributed by atoms with Gasteiger partial charge in [-0.05, 0) is 49.1 Å². The van der Waals surface area contributed by atoms with Crippen molar-refractivity contribution in [2.75, 3.05) is 17.2 Å². The quantitative estimate of drug-likeness (QED) is 0.502. The molecule has 0 saturated heterocycles. The molecule has 2 aromatic rings. The number of benzene rings is 2. The number of rotatable bonds is 9. The Morgan fingerprint density at radius 3 is 2.00 bits per heavy atom. The molecule has 0 spiro atoms. The molecule has 1 atom stereocenters. The maximum absolute atomic E-state index is 12.1. The first-order valence-corrected chi connectivity index (χ1v) is 10.1. The molecule has 0 radical (unpaired) electrons. The van der Waals surface area contributed by atoms with Gasteiger partial charge in [-0.2, -0.15) is 0 Å². The molecule has 0 fully saturated rings. The Hall–Kier alpha value is -3.35.